The summed E-state index contributed by atoms with van der Waals surface area (Å²) in [6, 6.07) is 0.457. The molecule has 0 aliphatic heterocycles. The molecule has 98 valence electrons. The van der Waals surface area contributed by atoms with Gasteiger partial charge in [-0.1, -0.05) is 40.5 Å². The number of rotatable bonds is 7. The van der Waals surface area contributed by atoms with Crippen molar-refractivity contribution in [2.24, 2.45) is 13.0 Å². The van der Waals surface area contributed by atoms with Crippen molar-refractivity contribution in [1.29, 1.82) is 0 Å². The van der Waals surface area contributed by atoms with E-state index in [2.05, 4.69) is 44.3 Å². The molecule has 0 aliphatic carbocycles. The second kappa shape index (κ2) is 6.80. The van der Waals surface area contributed by atoms with Crippen LogP contribution in [0.4, 0.5) is 0 Å². The van der Waals surface area contributed by atoms with Crippen LogP contribution in [0.2, 0.25) is 0 Å². The SMILES string of the molecule is CCNC(c1cn(C)nc1CC)C(CC)CC. The third kappa shape index (κ3) is 3.32. The van der Waals surface area contributed by atoms with E-state index in [0.29, 0.717) is 12.0 Å². The Morgan fingerprint density at radius 3 is 2.35 bits per heavy atom. The molecule has 0 amide bonds. The summed E-state index contributed by atoms with van der Waals surface area (Å²) in [5.74, 6) is 0.699. The minimum atomic E-state index is 0.457. The highest BCUT2D eigenvalue weighted by Gasteiger charge is 2.23. The predicted molar refractivity (Wildman–Crippen MR) is 73.1 cm³/mol. The maximum atomic E-state index is 4.56. The van der Waals surface area contributed by atoms with Gasteiger partial charge in [0.1, 0.15) is 0 Å². The molecule has 1 atom stereocenters. The fourth-order valence-electron chi connectivity index (χ4n) is 2.60. The molecular weight excluding hydrogens is 210 g/mol. The van der Waals surface area contributed by atoms with E-state index in [1.165, 1.54) is 24.1 Å². The summed E-state index contributed by atoms with van der Waals surface area (Å²) in [5.41, 5.74) is 2.64. The number of hydrogen-bond acceptors (Lipinski definition) is 2. The first-order valence-corrected chi connectivity index (χ1v) is 6.93. The van der Waals surface area contributed by atoms with Gasteiger partial charge in [-0.15, -0.1) is 0 Å². The molecule has 1 aromatic rings. The molecule has 1 rings (SSSR count). The van der Waals surface area contributed by atoms with Crippen molar-refractivity contribution in [2.75, 3.05) is 6.54 Å². The van der Waals surface area contributed by atoms with Gasteiger partial charge in [-0.3, -0.25) is 4.68 Å². The van der Waals surface area contributed by atoms with Crippen LogP contribution in [0.15, 0.2) is 6.20 Å². The maximum Gasteiger partial charge on any atom is 0.0669 e. The molecule has 3 heteroatoms. The fraction of sp³-hybridized carbons (Fsp3) is 0.786. The van der Waals surface area contributed by atoms with E-state index in [-0.39, 0.29) is 0 Å². The monoisotopic (exact) mass is 237 g/mol. The Labute approximate surface area is 106 Å². The van der Waals surface area contributed by atoms with Crippen LogP contribution in [-0.2, 0) is 13.5 Å². The Bertz CT molecular complexity index is 326. The minimum absolute atomic E-state index is 0.457. The minimum Gasteiger partial charge on any atom is -0.310 e. The molecule has 0 saturated carbocycles. The molecule has 0 radical (unpaired) electrons. The van der Waals surface area contributed by atoms with Gasteiger partial charge in [0, 0.05) is 24.8 Å². The van der Waals surface area contributed by atoms with Crippen molar-refractivity contribution >= 4 is 0 Å². The topological polar surface area (TPSA) is 29.9 Å². The predicted octanol–water partition coefficient (Wildman–Crippen LogP) is 3.07. The molecule has 1 aromatic heterocycles. The summed E-state index contributed by atoms with van der Waals surface area (Å²) in [4.78, 5) is 0. The third-order valence-corrected chi connectivity index (χ3v) is 3.55. The molecule has 1 unspecified atom stereocenters. The van der Waals surface area contributed by atoms with Crippen LogP contribution in [0.3, 0.4) is 0 Å². The quantitative estimate of drug-likeness (QED) is 0.790. The van der Waals surface area contributed by atoms with Gasteiger partial charge in [0.2, 0.25) is 0 Å². The lowest BCUT2D eigenvalue weighted by Gasteiger charge is -2.26. The first kappa shape index (κ1) is 14.2. The summed E-state index contributed by atoms with van der Waals surface area (Å²) in [6.07, 6.45) is 5.63. The van der Waals surface area contributed by atoms with Crippen molar-refractivity contribution in [3.05, 3.63) is 17.5 Å². The van der Waals surface area contributed by atoms with Crippen molar-refractivity contribution < 1.29 is 0 Å². The Morgan fingerprint density at radius 1 is 1.24 bits per heavy atom. The highest BCUT2D eigenvalue weighted by molar-refractivity contribution is 5.22. The van der Waals surface area contributed by atoms with E-state index in [1.54, 1.807) is 0 Å². The molecule has 1 heterocycles. The molecule has 1 N–H and O–H groups in total. The Balaban J connectivity index is 3.02. The molecule has 3 nitrogen and oxygen atoms in total. The normalized spacial score (nSPS) is 13.3. The molecule has 0 saturated heterocycles. The number of aromatic nitrogens is 2. The van der Waals surface area contributed by atoms with Crippen LogP contribution in [0, 0.1) is 5.92 Å². The van der Waals surface area contributed by atoms with Gasteiger partial charge in [0.15, 0.2) is 0 Å². The zero-order valence-electron chi connectivity index (χ0n) is 12.0. The molecule has 0 bridgehead atoms. The maximum absolute atomic E-state index is 4.56. The summed E-state index contributed by atoms with van der Waals surface area (Å²) < 4.78 is 1.95. The molecular formula is C14H27N3. The van der Waals surface area contributed by atoms with Gasteiger partial charge in [-0.05, 0) is 18.9 Å². The van der Waals surface area contributed by atoms with Crippen molar-refractivity contribution in [3.63, 3.8) is 0 Å². The van der Waals surface area contributed by atoms with Gasteiger partial charge >= 0.3 is 0 Å². The standard InChI is InChI=1S/C14H27N3/c1-6-11(7-2)14(15-9-4)12-10-17(5)16-13(12)8-3/h10-11,14-15H,6-9H2,1-5H3. The molecule has 17 heavy (non-hydrogen) atoms. The largest absolute Gasteiger partial charge is 0.310 e. The fourth-order valence-corrected chi connectivity index (χ4v) is 2.60. The lowest BCUT2D eigenvalue weighted by Crippen LogP contribution is -2.28. The van der Waals surface area contributed by atoms with Crippen LogP contribution in [0.25, 0.3) is 0 Å². The summed E-state index contributed by atoms with van der Waals surface area (Å²) in [5, 5.41) is 8.20. The first-order chi connectivity index (χ1) is 8.17. The summed E-state index contributed by atoms with van der Waals surface area (Å²) in [7, 11) is 2.01. The summed E-state index contributed by atoms with van der Waals surface area (Å²) in [6.45, 7) is 9.93. The zero-order valence-corrected chi connectivity index (χ0v) is 12.0. The smallest absolute Gasteiger partial charge is 0.0669 e. The molecule has 0 spiro atoms. The third-order valence-electron chi connectivity index (χ3n) is 3.55. The van der Waals surface area contributed by atoms with Gasteiger partial charge in [-0.2, -0.15) is 5.10 Å². The zero-order chi connectivity index (χ0) is 12.8. The van der Waals surface area contributed by atoms with Crippen LogP contribution >= 0.6 is 0 Å². The molecule has 0 fully saturated rings. The first-order valence-electron chi connectivity index (χ1n) is 6.93. The van der Waals surface area contributed by atoms with Crippen molar-refractivity contribution in [3.8, 4) is 0 Å². The number of nitrogens with one attached hydrogen (secondary N) is 1. The Kier molecular flexibility index (Phi) is 5.69. The second-order valence-corrected chi connectivity index (χ2v) is 4.67. The van der Waals surface area contributed by atoms with E-state index >= 15 is 0 Å². The number of nitrogens with zero attached hydrogens (tertiary/aromatic N) is 2. The second-order valence-electron chi connectivity index (χ2n) is 4.67. The highest BCUT2D eigenvalue weighted by Crippen LogP contribution is 2.29. The average Bonchev–Trinajstić information content (AvgIpc) is 2.70. The van der Waals surface area contributed by atoms with E-state index < -0.39 is 0 Å². The number of hydrogen-bond donors (Lipinski definition) is 1. The highest BCUT2D eigenvalue weighted by atomic mass is 15.3. The molecule has 0 aliphatic rings. The number of aryl methyl sites for hydroxylation is 2. The van der Waals surface area contributed by atoms with Gasteiger partial charge in [0.05, 0.1) is 5.69 Å². The van der Waals surface area contributed by atoms with Crippen LogP contribution < -0.4 is 5.32 Å². The van der Waals surface area contributed by atoms with E-state index in [9.17, 15) is 0 Å². The average molecular weight is 237 g/mol. The van der Waals surface area contributed by atoms with Gasteiger partial charge < -0.3 is 5.32 Å². The van der Waals surface area contributed by atoms with Crippen LogP contribution in [0.1, 0.15) is 57.8 Å². The lowest BCUT2D eigenvalue weighted by molar-refractivity contribution is 0.345. The Hall–Kier alpha value is -0.830. The van der Waals surface area contributed by atoms with E-state index in [1.807, 2.05) is 11.7 Å². The van der Waals surface area contributed by atoms with E-state index in [0.717, 1.165) is 13.0 Å². The van der Waals surface area contributed by atoms with Crippen LogP contribution in [0.5, 0.6) is 0 Å². The lowest BCUT2D eigenvalue weighted by atomic mass is 9.88. The van der Waals surface area contributed by atoms with Crippen LogP contribution in [-0.4, -0.2) is 16.3 Å². The Morgan fingerprint density at radius 2 is 1.88 bits per heavy atom. The van der Waals surface area contributed by atoms with Gasteiger partial charge in [0.25, 0.3) is 0 Å². The molecule has 0 aromatic carbocycles. The summed E-state index contributed by atoms with van der Waals surface area (Å²) >= 11 is 0. The van der Waals surface area contributed by atoms with E-state index in [4.69, 9.17) is 0 Å². The van der Waals surface area contributed by atoms with Crippen molar-refractivity contribution in [2.45, 2.75) is 53.0 Å². The van der Waals surface area contributed by atoms with Crippen molar-refractivity contribution in [1.82, 2.24) is 15.1 Å². The van der Waals surface area contributed by atoms with Gasteiger partial charge in [-0.25, -0.2) is 0 Å².